The number of thiophene rings is 1. The zero-order chi connectivity index (χ0) is 35.8. The van der Waals surface area contributed by atoms with Crippen LogP contribution in [0.3, 0.4) is 0 Å². The van der Waals surface area contributed by atoms with Crippen LogP contribution in [0.5, 0.6) is 0 Å². The van der Waals surface area contributed by atoms with Crippen LogP contribution in [0.1, 0.15) is 12.5 Å². The summed E-state index contributed by atoms with van der Waals surface area (Å²) in [5, 5.41) is 11.3. The van der Waals surface area contributed by atoms with E-state index in [0.29, 0.717) is 11.8 Å². The minimum absolute atomic E-state index is 0.226. The van der Waals surface area contributed by atoms with Crippen molar-refractivity contribution in [2.45, 2.75) is 13.0 Å². The number of aromatic nitrogens is 2. The molecule has 4 heterocycles. The van der Waals surface area contributed by atoms with Gasteiger partial charge in [-0.15, -0.1) is 11.3 Å². The number of nitrogens with one attached hydrogen (secondary N) is 1. The predicted octanol–water partition coefficient (Wildman–Crippen LogP) is 13.5. The zero-order valence-corrected chi connectivity index (χ0v) is 30.5. The molecule has 9 aromatic rings. The monoisotopic (exact) mass is 709 g/mol. The van der Waals surface area contributed by atoms with Gasteiger partial charge in [0.05, 0.1) is 38.9 Å². The van der Waals surface area contributed by atoms with E-state index in [0.717, 1.165) is 44.6 Å². The van der Waals surface area contributed by atoms with Crippen LogP contribution in [-0.2, 0) is 0 Å². The van der Waals surface area contributed by atoms with Crippen molar-refractivity contribution < 1.29 is 0 Å². The second-order valence-corrected chi connectivity index (χ2v) is 15.7. The Kier molecular flexibility index (Phi) is 7.14. The number of hydrogen-bond acceptors (Lipinski definition) is 4. The van der Waals surface area contributed by atoms with E-state index < -0.39 is 0 Å². The standard InChI is InChI=1S/C50H35N3S/c1-30-8-2-5-11-39(30)43-27-25-35-23-22-34-24-26-42(51-47(34)48(35)52-43)33-18-14-31(15-19-33)32-16-20-36(21-17-32)49-50-46(40-12-6-7-13-45(40)54-50)41-28-37-9-3-4-10-38(37)29-44(41)53-49/h2-30,39,43,52H,1H3. The first-order valence-corrected chi connectivity index (χ1v) is 19.5. The molecule has 0 fully saturated rings. The number of fused-ring (bicyclic) bond motifs is 9. The molecule has 1 aliphatic heterocycles. The van der Waals surface area contributed by atoms with E-state index in [9.17, 15) is 0 Å². The number of hydrogen-bond donors (Lipinski definition) is 1. The molecule has 3 nitrogen and oxygen atoms in total. The third-order valence-corrected chi connectivity index (χ3v) is 12.6. The van der Waals surface area contributed by atoms with E-state index in [1.54, 1.807) is 0 Å². The summed E-state index contributed by atoms with van der Waals surface area (Å²) in [5.41, 5.74) is 10.9. The van der Waals surface area contributed by atoms with Gasteiger partial charge in [0.25, 0.3) is 0 Å². The summed E-state index contributed by atoms with van der Waals surface area (Å²) in [6.07, 6.45) is 13.5. The summed E-state index contributed by atoms with van der Waals surface area (Å²) in [4.78, 5) is 10.6. The fourth-order valence-electron chi connectivity index (χ4n) is 8.51. The van der Waals surface area contributed by atoms with E-state index in [1.807, 2.05) is 11.3 Å². The molecule has 0 saturated heterocycles. The van der Waals surface area contributed by atoms with Gasteiger partial charge in [0, 0.05) is 43.3 Å². The maximum atomic E-state index is 5.34. The average Bonchev–Trinajstić information content (AvgIpc) is 3.63. The van der Waals surface area contributed by atoms with E-state index in [4.69, 9.17) is 9.97 Å². The summed E-state index contributed by atoms with van der Waals surface area (Å²) in [6, 6.07) is 48.5. The smallest absolute Gasteiger partial charge is 0.0947 e. The highest BCUT2D eigenvalue weighted by molar-refractivity contribution is 7.26. The summed E-state index contributed by atoms with van der Waals surface area (Å²) in [5.74, 6) is 0.877. The van der Waals surface area contributed by atoms with Crippen molar-refractivity contribution in [3.05, 3.63) is 169 Å². The van der Waals surface area contributed by atoms with Gasteiger partial charge in [-0.3, -0.25) is 0 Å². The van der Waals surface area contributed by atoms with Gasteiger partial charge in [0.1, 0.15) is 0 Å². The highest BCUT2D eigenvalue weighted by atomic mass is 32.1. The lowest BCUT2D eigenvalue weighted by molar-refractivity contribution is 0.479. The maximum absolute atomic E-state index is 5.34. The number of anilines is 1. The Morgan fingerprint density at radius 3 is 2.11 bits per heavy atom. The fraction of sp³-hybridized carbons (Fsp3) is 0.0800. The van der Waals surface area contributed by atoms with Crippen LogP contribution in [0, 0.1) is 11.8 Å². The summed E-state index contributed by atoms with van der Waals surface area (Å²) < 4.78 is 2.52. The molecule has 0 amide bonds. The van der Waals surface area contributed by atoms with Gasteiger partial charge in [-0.25, -0.2) is 9.97 Å². The Labute approximate surface area is 317 Å². The molecule has 3 unspecified atom stereocenters. The molecule has 6 aromatic carbocycles. The first kappa shape index (κ1) is 31.2. The minimum Gasteiger partial charge on any atom is -0.376 e. The normalized spacial score (nSPS) is 17.8. The van der Waals surface area contributed by atoms with Gasteiger partial charge in [-0.1, -0.05) is 153 Å². The average molecular weight is 710 g/mol. The Hall–Kier alpha value is -6.36. The topological polar surface area (TPSA) is 37.8 Å². The molecule has 1 aliphatic carbocycles. The third-order valence-electron chi connectivity index (χ3n) is 11.4. The van der Waals surface area contributed by atoms with E-state index in [1.165, 1.54) is 53.0 Å². The molecule has 3 atom stereocenters. The third kappa shape index (κ3) is 5.09. The molecule has 1 N–H and O–H groups in total. The van der Waals surface area contributed by atoms with Gasteiger partial charge < -0.3 is 5.32 Å². The molecule has 2 aliphatic rings. The molecule has 54 heavy (non-hydrogen) atoms. The van der Waals surface area contributed by atoms with Crippen molar-refractivity contribution in [1.29, 1.82) is 0 Å². The molecule has 0 saturated carbocycles. The Morgan fingerprint density at radius 2 is 1.30 bits per heavy atom. The SMILES string of the molecule is CC1C=CC=CC1C1C=Cc2ccc3ccc(-c4ccc(-c5ccc(-c6nc7cc8ccccc8cc7c7c6sc6ccccc67)cc5)cc4)nc3c2N1. The van der Waals surface area contributed by atoms with Crippen molar-refractivity contribution in [3.8, 4) is 33.6 Å². The molecule has 11 rings (SSSR count). The van der Waals surface area contributed by atoms with E-state index in [2.05, 4.69) is 182 Å². The van der Waals surface area contributed by atoms with Crippen molar-refractivity contribution >= 4 is 75.9 Å². The lowest BCUT2D eigenvalue weighted by Gasteiger charge is -2.32. The van der Waals surface area contributed by atoms with Crippen molar-refractivity contribution in [2.24, 2.45) is 11.8 Å². The number of allylic oxidation sites excluding steroid dienone is 3. The first-order chi connectivity index (χ1) is 26.6. The second-order valence-electron chi connectivity index (χ2n) is 14.7. The molecule has 3 aromatic heterocycles. The summed E-state index contributed by atoms with van der Waals surface area (Å²) in [6.45, 7) is 2.29. The second kappa shape index (κ2) is 12.4. The van der Waals surface area contributed by atoms with Gasteiger partial charge in [-0.2, -0.15) is 0 Å². The van der Waals surface area contributed by atoms with Gasteiger partial charge >= 0.3 is 0 Å². The molecule has 0 spiro atoms. The Morgan fingerprint density at radius 1 is 0.593 bits per heavy atom. The van der Waals surface area contributed by atoms with E-state index in [-0.39, 0.29) is 6.04 Å². The fourth-order valence-corrected chi connectivity index (χ4v) is 9.73. The lowest BCUT2D eigenvalue weighted by atomic mass is 9.82. The molecular formula is C50H35N3S. The highest BCUT2D eigenvalue weighted by Gasteiger charge is 2.26. The Balaban J connectivity index is 0.924. The van der Waals surface area contributed by atoms with Crippen LogP contribution in [-0.4, -0.2) is 16.0 Å². The van der Waals surface area contributed by atoms with Gasteiger partial charge in [-0.05, 0) is 57.6 Å². The highest BCUT2D eigenvalue weighted by Crippen LogP contribution is 2.44. The van der Waals surface area contributed by atoms with Gasteiger partial charge in [0.15, 0.2) is 0 Å². The van der Waals surface area contributed by atoms with Crippen LogP contribution in [0.25, 0.3) is 92.5 Å². The van der Waals surface area contributed by atoms with Gasteiger partial charge in [0.2, 0.25) is 0 Å². The summed E-state index contributed by atoms with van der Waals surface area (Å²) >= 11 is 1.84. The lowest BCUT2D eigenvalue weighted by Crippen LogP contribution is -2.32. The van der Waals surface area contributed by atoms with Crippen molar-refractivity contribution in [2.75, 3.05) is 5.32 Å². The Bertz CT molecular complexity index is 3040. The van der Waals surface area contributed by atoms with Crippen LogP contribution < -0.4 is 5.32 Å². The number of nitrogens with zero attached hydrogens (tertiary/aromatic N) is 2. The number of pyridine rings is 2. The molecule has 0 radical (unpaired) electrons. The van der Waals surface area contributed by atoms with Crippen LogP contribution in [0.2, 0.25) is 0 Å². The molecule has 256 valence electrons. The maximum Gasteiger partial charge on any atom is 0.0947 e. The largest absolute Gasteiger partial charge is 0.376 e. The van der Waals surface area contributed by atoms with Crippen molar-refractivity contribution in [1.82, 2.24) is 9.97 Å². The quantitative estimate of drug-likeness (QED) is 0.185. The molecule has 0 bridgehead atoms. The van der Waals surface area contributed by atoms with Crippen LogP contribution >= 0.6 is 11.3 Å². The number of benzene rings is 6. The first-order valence-electron chi connectivity index (χ1n) is 18.7. The zero-order valence-electron chi connectivity index (χ0n) is 29.7. The predicted molar refractivity (Wildman–Crippen MR) is 231 cm³/mol. The van der Waals surface area contributed by atoms with E-state index >= 15 is 0 Å². The van der Waals surface area contributed by atoms with Crippen LogP contribution in [0.15, 0.2) is 164 Å². The summed E-state index contributed by atoms with van der Waals surface area (Å²) in [7, 11) is 0. The number of rotatable bonds is 4. The van der Waals surface area contributed by atoms with Crippen molar-refractivity contribution in [3.63, 3.8) is 0 Å². The minimum atomic E-state index is 0.226. The molecular weight excluding hydrogens is 675 g/mol. The molecule has 4 heteroatoms. The van der Waals surface area contributed by atoms with Crippen LogP contribution in [0.4, 0.5) is 5.69 Å².